The summed E-state index contributed by atoms with van der Waals surface area (Å²) in [6.45, 7) is 0. The number of hydrogen-bond acceptors (Lipinski definition) is 3. The molecule has 9 rings (SSSR count). The Morgan fingerprint density at radius 3 is 1.66 bits per heavy atom. The molecule has 0 spiro atoms. The van der Waals surface area contributed by atoms with Gasteiger partial charge >= 0.3 is 0 Å². The molecule has 8 aliphatic carbocycles. The Kier molecular flexibility index (Phi) is 4.16. The molecule has 1 aromatic carbocycles. The number of rotatable bonds is 4. The van der Waals surface area contributed by atoms with Crippen molar-refractivity contribution in [2.45, 2.75) is 82.6 Å². The molecule has 0 amide bonds. The SMILES string of the molecule is O=[N+]([O-])c1ccc(NC(=NC23CC4CC(CC(C4)C2)C3)C23CC4CC(CC(C4)C2)C3)cc1. The molecule has 1 N–H and O–H groups in total. The number of hydrogen-bond donors (Lipinski definition) is 1. The second-order valence-corrected chi connectivity index (χ2v) is 12.7. The number of aliphatic imine (C=N–C) groups is 1. The van der Waals surface area contributed by atoms with E-state index in [1.807, 2.05) is 12.1 Å². The second-order valence-electron chi connectivity index (χ2n) is 12.7. The zero-order chi connectivity index (χ0) is 21.5. The van der Waals surface area contributed by atoms with Gasteiger partial charge in [0.05, 0.1) is 10.5 Å². The maximum absolute atomic E-state index is 11.1. The Morgan fingerprint density at radius 1 is 0.781 bits per heavy atom. The summed E-state index contributed by atoms with van der Waals surface area (Å²) in [6, 6.07) is 7.02. The molecule has 170 valence electrons. The molecular formula is C27H35N3O2. The van der Waals surface area contributed by atoms with Gasteiger partial charge in [0, 0.05) is 23.2 Å². The van der Waals surface area contributed by atoms with Gasteiger partial charge in [-0.25, -0.2) is 0 Å². The van der Waals surface area contributed by atoms with E-state index in [-0.39, 0.29) is 21.6 Å². The van der Waals surface area contributed by atoms with E-state index in [9.17, 15) is 10.1 Å². The van der Waals surface area contributed by atoms with Crippen LogP contribution in [0.15, 0.2) is 29.3 Å². The first kappa shape index (κ1) is 19.5. The molecule has 0 heterocycles. The van der Waals surface area contributed by atoms with E-state index in [2.05, 4.69) is 5.32 Å². The van der Waals surface area contributed by atoms with Crippen LogP contribution < -0.4 is 5.32 Å². The summed E-state index contributed by atoms with van der Waals surface area (Å²) in [7, 11) is 0. The fourth-order valence-corrected chi connectivity index (χ4v) is 9.92. The van der Waals surface area contributed by atoms with E-state index in [4.69, 9.17) is 4.99 Å². The lowest BCUT2D eigenvalue weighted by atomic mass is 9.49. The third-order valence-electron chi connectivity index (χ3n) is 10.2. The standard InChI is InChI=1S/C27H35N3O2/c31-30(32)24-3-1-23(2-4-24)28-25(26-11-17-5-18(12-26)7-19(6-17)13-26)29-27-14-20-8-21(15-27)10-22(9-20)16-27/h1-4,17-22H,5-16H2,(H,28,29). The quantitative estimate of drug-likeness (QED) is 0.252. The summed E-state index contributed by atoms with van der Waals surface area (Å²) in [5.41, 5.74) is 1.49. The molecule has 8 bridgehead atoms. The minimum atomic E-state index is -0.312. The second kappa shape index (κ2) is 6.80. The number of non-ortho nitro benzene ring substituents is 1. The third kappa shape index (κ3) is 3.13. The Balaban J connectivity index is 1.27. The lowest BCUT2D eigenvalue weighted by Gasteiger charge is -2.59. The minimum Gasteiger partial charge on any atom is -0.344 e. The van der Waals surface area contributed by atoms with Crippen LogP contribution in [0, 0.1) is 51.0 Å². The van der Waals surface area contributed by atoms with Crippen molar-refractivity contribution in [3.8, 4) is 0 Å². The molecule has 0 atom stereocenters. The third-order valence-corrected chi connectivity index (χ3v) is 10.2. The highest BCUT2D eigenvalue weighted by Gasteiger charge is 2.56. The van der Waals surface area contributed by atoms with E-state index in [0.29, 0.717) is 0 Å². The average Bonchev–Trinajstić information content (AvgIpc) is 2.71. The summed E-state index contributed by atoms with van der Waals surface area (Å²) >= 11 is 0. The largest absolute Gasteiger partial charge is 0.344 e. The maximum atomic E-state index is 11.1. The summed E-state index contributed by atoms with van der Waals surface area (Å²) < 4.78 is 0. The number of nitrogens with zero attached hydrogens (tertiary/aromatic N) is 2. The predicted octanol–water partition coefficient (Wildman–Crippen LogP) is 6.59. The van der Waals surface area contributed by atoms with Crippen molar-refractivity contribution in [3.63, 3.8) is 0 Å². The highest BCUT2D eigenvalue weighted by molar-refractivity contribution is 6.00. The molecule has 5 heteroatoms. The zero-order valence-electron chi connectivity index (χ0n) is 19.0. The lowest BCUT2D eigenvalue weighted by Crippen LogP contribution is -2.54. The first-order valence-electron chi connectivity index (χ1n) is 13.1. The molecule has 32 heavy (non-hydrogen) atoms. The average molecular weight is 434 g/mol. The molecule has 0 unspecified atom stereocenters. The van der Waals surface area contributed by atoms with Gasteiger partial charge in [0.25, 0.3) is 5.69 Å². The first-order chi connectivity index (χ1) is 15.5. The van der Waals surface area contributed by atoms with Gasteiger partial charge < -0.3 is 5.32 Å². The molecule has 0 aromatic heterocycles. The summed E-state index contributed by atoms with van der Waals surface area (Å²) in [5, 5.41) is 14.9. The van der Waals surface area contributed by atoms with Crippen LogP contribution >= 0.6 is 0 Å². The number of amidine groups is 1. The molecule has 0 saturated heterocycles. The molecule has 8 aliphatic rings. The summed E-state index contributed by atoms with van der Waals surface area (Å²) in [5.74, 6) is 6.56. The number of nitro benzene ring substituents is 1. The van der Waals surface area contributed by atoms with Crippen molar-refractivity contribution in [1.29, 1.82) is 0 Å². The maximum Gasteiger partial charge on any atom is 0.269 e. The molecule has 8 fully saturated rings. The van der Waals surface area contributed by atoms with E-state index >= 15 is 0 Å². The molecule has 5 nitrogen and oxygen atoms in total. The van der Waals surface area contributed by atoms with E-state index in [1.54, 1.807) is 12.1 Å². The molecule has 1 aromatic rings. The van der Waals surface area contributed by atoms with E-state index in [1.165, 1.54) is 82.9 Å². The highest BCUT2D eigenvalue weighted by Crippen LogP contribution is 2.62. The Labute approximate surface area is 190 Å². The molecular weight excluding hydrogens is 398 g/mol. The van der Waals surface area contributed by atoms with E-state index < -0.39 is 0 Å². The van der Waals surface area contributed by atoms with Crippen molar-refractivity contribution in [3.05, 3.63) is 34.4 Å². The number of benzene rings is 1. The zero-order valence-corrected chi connectivity index (χ0v) is 19.0. The lowest BCUT2D eigenvalue weighted by molar-refractivity contribution is -0.384. The number of nitrogens with one attached hydrogen (secondary N) is 1. The van der Waals surface area contributed by atoms with Crippen LogP contribution in [-0.4, -0.2) is 16.3 Å². The number of anilines is 1. The fourth-order valence-electron chi connectivity index (χ4n) is 9.92. The van der Waals surface area contributed by atoms with Crippen LogP contribution in [0.3, 0.4) is 0 Å². The van der Waals surface area contributed by atoms with Gasteiger partial charge in [-0.3, -0.25) is 15.1 Å². The van der Waals surface area contributed by atoms with Crippen molar-refractivity contribution in [2.75, 3.05) is 5.32 Å². The van der Waals surface area contributed by atoms with Crippen LogP contribution in [0.5, 0.6) is 0 Å². The van der Waals surface area contributed by atoms with Gasteiger partial charge in [0.2, 0.25) is 0 Å². The highest BCUT2D eigenvalue weighted by atomic mass is 16.6. The Bertz CT molecular complexity index is 895. The summed E-state index contributed by atoms with van der Waals surface area (Å²) in [6.07, 6.45) is 16.4. The van der Waals surface area contributed by atoms with Gasteiger partial charge in [-0.15, -0.1) is 0 Å². The van der Waals surface area contributed by atoms with Gasteiger partial charge in [-0.2, -0.15) is 0 Å². The van der Waals surface area contributed by atoms with Gasteiger partial charge in [0.15, 0.2) is 0 Å². The van der Waals surface area contributed by atoms with Crippen molar-refractivity contribution < 1.29 is 4.92 Å². The van der Waals surface area contributed by atoms with Gasteiger partial charge in [-0.05, 0) is 125 Å². The van der Waals surface area contributed by atoms with Crippen molar-refractivity contribution in [2.24, 2.45) is 45.9 Å². The molecule has 8 saturated carbocycles. The molecule has 0 aliphatic heterocycles. The topological polar surface area (TPSA) is 67.5 Å². The van der Waals surface area contributed by atoms with Crippen LogP contribution in [0.2, 0.25) is 0 Å². The normalized spacial score (nSPS) is 45.9. The van der Waals surface area contributed by atoms with Gasteiger partial charge in [0.1, 0.15) is 5.84 Å². The van der Waals surface area contributed by atoms with Crippen LogP contribution in [-0.2, 0) is 0 Å². The van der Waals surface area contributed by atoms with Gasteiger partial charge in [-0.1, -0.05) is 0 Å². The van der Waals surface area contributed by atoms with Crippen LogP contribution in [0.1, 0.15) is 77.0 Å². The van der Waals surface area contributed by atoms with Crippen molar-refractivity contribution in [1.82, 2.24) is 0 Å². The van der Waals surface area contributed by atoms with Crippen molar-refractivity contribution >= 4 is 17.2 Å². The first-order valence-corrected chi connectivity index (χ1v) is 13.1. The summed E-state index contributed by atoms with van der Waals surface area (Å²) in [4.78, 5) is 16.6. The monoisotopic (exact) mass is 433 g/mol. The smallest absolute Gasteiger partial charge is 0.269 e. The predicted molar refractivity (Wildman–Crippen MR) is 126 cm³/mol. The molecule has 0 radical (unpaired) electrons. The van der Waals surface area contributed by atoms with Crippen LogP contribution in [0.25, 0.3) is 0 Å². The van der Waals surface area contributed by atoms with E-state index in [0.717, 1.165) is 41.2 Å². The van der Waals surface area contributed by atoms with Crippen LogP contribution in [0.4, 0.5) is 11.4 Å². The Hall–Kier alpha value is -1.91. The number of nitro groups is 1. The minimum absolute atomic E-state index is 0.154. The fraction of sp³-hybridized carbons (Fsp3) is 0.741. The Morgan fingerprint density at radius 2 is 1.22 bits per heavy atom.